The van der Waals surface area contributed by atoms with Crippen molar-refractivity contribution in [2.24, 2.45) is 0 Å². The first-order valence-corrected chi connectivity index (χ1v) is 10.4. The van der Waals surface area contributed by atoms with E-state index in [1.165, 1.54) is 6.07 Å². The second kappa shape index (κ2) is 8.09. The Morgan fingerprint density at radius 1 is 1.18 bits per heavy atom. The number of benzene rings is 3. The van der Waals surface area contributed by atoms with Crippen LogP contribution in [0.1, 0.15) is 22.5 Å². The van der Waals surface area contributed by atoms with Gasteiger partial charge in [-0.3, -0.25) is 10.1 Å². The van der Waals surface area contributed by atoms with Crippen LogP contribution >= 0.6 is 0 Å². The Hall–Kier alpha value is -4.70. The average molecular weight is 433 g/mol. The zero-order valence-corrected chi connectivity index (χ0v) is 17.8. The largest absolute Gasteiger partial charge is 0.342 e. The lowest BCUT2D eigenvalue weighted by Gasteiger charge is -2.05. The maximum absolute atomic E-state index is 11.1. The lowest BCUT2D eigenvalue weighted by atomic mass is 10.1. The molecule has 33 heavy (non-hydrogen) atoms. The number of aromatic amines is 1. The van der Waals surface area contributed by atoms with Gasteiger partial charge in [0, 0.05) is 41.3 Å². The third-order valence-corrected chi connectivity index (χ3v) is 5.61. The van der Waals surface area contributed by atoms with Gasteiger partial charge in [-0.05, 0) is 42.3 Å². The molecule has 0 aliphatic rings. The fourth-order valence-corrected chi connectivity index (χ4v) is 4.05. The minimum atomic E-state index is -0.389. The summed E-state index contributed by atoms with van der Waals surface area (Å²) in [6, 6.07) is 22.7. The molecule has 0 aliphatic heterocycles. The highest BCUT2D eigenvalue weighted by Crippen LogP contribution is 2.27. The molecule has 2 aromatic heterocycles. The van der Waals surface area contributed by atoms with Gasteiger partial charge in [0.2, 0.25) is 0 Å². The van der Waals surface area contributed by atoms with Crippen molar-refractivity contribution >= 4 is 39.3 Å². The Labute approximate surface area is 189 Å². The Kier molecular flexibility index (Phi) is 4.96. The number of para-hydroxylation sites is 1. The molecule has 7 heteroatoms. The van der Waals surface area contributed by atoms with Gasteiger partial charge in [0.05, 0.1) is 21.5 Å². The predicted molar refractivity (Wildman–Crippen MR) is 128 cm³/mol. The molecule has 0 fully saturated rings. The quantitative estimate of drug-likeness (QED) is 0.213. The molecule has 0 atom stereocenters. The van der Waals surface area contributed by atoms with Crippen molar-refractivity contribution in [3.63, 3.8) is 0 Å². The van der Waals surface area contributed by atoms with Crippen molar-refractivity contribution in [3.8, 4) is 6.07 Å². The second-order valence-corrected chi connectivity index (χ2v) is 7.93. The highest BCUT2D eigenvalue weighted by atomic mass is 16.6. The van der Waals surface area contributed by atoms with Gasteiger partial charge in [-0.2, -0.15) is 5.26 Å². The molecule has 0 saturated heterocycles. The number of nitrogens with one attached hydrogen (secondary N) is 1. The summed E-state index contributed by atoms with van der Waals surface area (Å²) < 4.78 is 2.04. The molecule has 0 bridgehead atoms. The van der Waals surface area contributed by atoms with E-state index in [9.17, 15) is 15.4 Å². The first-order chi connectivity index (χ1) is 16.0. The smallest absolute Gasteiger partial charge is 0.269 e. The third-order valence-electron chi connectivity index (χ3n) is 5.61. The van der Waals surface area contributed by atoms with Crippen LogP contribution in [0.4, 0.5) is 5.69 Å². The number of nitro benzene ring substituents is 1. The maximum atomic E-state index is 11.1. The average Bonchev–Trinajstić information content (AvgIpc) is 3.38. The molecule has 0 saturated carbocycles. The number of allylic oxidation sites excluding steroid dienone is 1. The minimum Gasteiger partial charge on any atom is -0.342 e. The number of hydrogen-bond donors (Lipinski definition) is 1. The Bertz CT molecular complexity index is 1600. The van der Waals surface area contributed by atoms with E-state index in [1.54, 1.807) is 12.1 Å². The first kappa shape index (κ1) is 20.2. The van der Waals surface area contributed by atoms with Crippen LogP contribution in [-0.2, 0) is 6.54 Å². The number of nitrogens with zero attached hydrogens (tertiary/aromatic N) is 4. The summed E-state index contributed by atoms with van der Waals surface area (Å²) >= 11 is 0. The van der Waals surface area contributed by atoms with Crippen molar-refractivity contribution in [2.45, 2.75) is 13.5 Å². The molecule has 0 amide bonds. The van der Waals surface area contributed by atoms with Crippen molar-refractivity contribution in [1.82, 2.24) is 14.5 Å². The van der Waals surface area contributed by atoms with Crippen LogP contribution in [0.15, 0.2) is 72.9 Å². The summed E-state index contributed by atoms with van der Waals surface area (Å²) in [6.07, 6.45) is 3.80. The number of nitriles is 1. The molecule has 5 aromatic rings. The van der Waals surface area contributed by atoms with Gasteiger partial charge >= 0.3 is 0 Å². The zero-order valence-electron chi connectivity index (χ0n) is 17.8. The molecule has 7 nitrogen and oxygen atoms in total. The van der Waals surface area contributed by atoms with Gasteiger partial charge in [-0.1, -0.05) is 36.4 Å². The number of imidazole rings is 1. The van der Waals surface area contributed by atoms with E-state index >= 15 is 0 Å². The third kappa shape index (κ3) is 3.86. The van der Waals surface area contributed by atoms with E-state index in [1.807, 2.05) is 72.3 Å². The first-order valence-electron chi connectivity index (χ1n) is 10.4. The summed E-state index contributed by atoms with van der Waals surface area (Å²) in [7, 11) is 0. The van der Waals surface area contributed by atoms with Crippen LogP contribution in [0.3, 0.4) is 0 Å². The standard InChI is InChI=1S/C26H19N5O2/c1-17-9-10-23-24(11-17)29-26(28-23)19(14-27)13-20-16-30(25-8-3-2-7-22(20)25)15-18-5-4-6-21(12-18)31(32)33/h2-13,16H,15H2,1H3,(H,28,29). The molecule has 5 rings (SSSR count). The second-order valence-electron chi connectivity index (χ2n) is 7.93. The van der Waals surface area contributed by atoms with Gasteiger partial charge in [0.1, 0.15) is 11.9 Å². The summed E-state index contributed by atoms with van der Waals surface area (Å²) in [4.78, 5) is 18.6. The van der Waals surface area contributed by atoms with Crippen LogP contribution in [0.2, 0.25) is 0 Å². The SMILES string of the molecule is Cc1ccc2nc(C(C#N)=Cc3cn(Cc4cccc([N+](=O)[O-])c4)c4ccccc34)[nH]c2c1. The van der Waals surface area contributed by atoms with Crippen molar-refractivity contribution < 1.29 is 4.92 Å². The summed E-state index contributed by atoms with van der Waals surface area (Å²) in [5.74, 6) is 0.522. The molecule has 1 N–H and O–H groups in total. The fourth-order valence-electron chi connectivity index (χ4n) is 4.05. The molecule has 0 spiro atoms. The van der Waals surface area contributed by atoms with Crippen LogP contribution in [-0.4, -0.2) is 19.5 Å². The monoisotopic (exact) mass is 433 g/mol. The Balaban J connectivity index is 1.58. The molecule has 0 aliphatic carbocycles. The number of aromatic nitrogens is 3. The predicted octanol–water partition coefficient (Wildman–Crippen LogP) is 5.85. The van der Waals surface area contributed by atoms with Gasteiger partial charge in [0.25, 0.3) is 5.69 Å². The van der Waals surface area contributed by atoms with Gasteiger partial charge in [-0.25, -0.2) is 4.98 Å². The molecular weight excluding hydrogens is 414 g/mol. The highest BCUT2D eigenvalue weighted by molar-refractivity contribution is 5.98. The molecule has 2 heterocycles. The highest BCUT2D eigenvalue weighted by Gasteiger charge is 2.13. The van der Waals surface area contributed by atoms with Crippen LogP contribution in [0.5, 0.6) is 0 Å². The number of H-pyrrole nitrogens is 1. The number of rotatable bonds is 5. The summed E-state index contributed by atoms with van der Waals surface area (Å²) in [5.41, 5.74) is 6.00. The number of non-ortho nitro benzene ring substituents is 1. The minimum absolute atomic E-state index is 0.0657. The lowest BCUT2D eigenvalue weighted by molar-refractivity contribution is -0.384. The normalized spacial score (nSPS) is 11.7. The molecule has 0 radical (unpaired) electrons. The van der Waals surface area contributed by atoms with E-state index in [4.69, 9.17) is 0 Å². The van der Waals surface area contributed by atoms with E-state index in [0.29, 0.717) is 17.9 Å². The van der Waals surface area contributed by atoms with Gasteiger partial charge < -0.3 is 9.55 Å². The van der Waals surface area contributed by atoms with Crippen LogP contribution in [0.25, 0.3) is 33.6 Å². The van der Waals surface area contributed by atoms with Gasteiger partial charge in [0.15, 0.2) is 0 Å². The Morgan fingerprint density at radius 2 is 2.03 bits per heavy atom. The lowest BCUT2D eigenvalue weighted by Crippen LogP contribution is -1.98. The number of hydrogen-bond acceptors (Lipinski definition) is 4. The number of nitro groups is 1. The topological polar surface area (TPSA) is 101 Å². The zero-order chi connectivity index (χ0) is 22.9. The van der Waals surface area contributed by atoms with Crippen molar-refractivity contribution in [2.75, 3.05) is 0 Å². The van der Waals surface area contributed by atoms with Crippen LogP contribution < -0.4 is 0 Å². The number of aryl methyl sites for hydroxylation is 1. The number of fused-ring (bicyclic) bond motifs is 2. The molecular formula is C26H19N5O2. The summed E-state index contributed by atoms with van der Waals surface area (Å²) in [5, 5.41) is 22.0. The van der Waals surface area contributed by atoms with Crippen molar-refractivity contribution in [1.29, 1.82) is 5.26 Å². The molecule has 0 unspecified atom stereocenters. The van der Waals surface area contributed by atoms with E-state index in [-0.39, 0.29) is 10.6 Å². The maximum Gasteiger partial charge on any atom is 0.269 e. The molecule has 160 valence electrons. The van der Waals surface area contributed by atoms with Crippen molar-refractivity contribution in [3.05, 3.63) is 106 Å². The fraction of sp³-hybridized carbons (Fsp3) is 0.0769. The van der Waals surface area contributed by atoms with E-state index in [0.717, 1.165) is 38.6 Å². The van der Waals surface area contributed by atoms with Gasteiger partial charge in [-0.15, -0.1) is 0 Å². The van der Waals surface area contributed by atoms with E-state index in [2.05, 4.69) is 16.0 Å². The van der Waals surface area contributed by atoms with E-state index < -0.39 is 0 Å². The molecule has 3 aromatic carbocycles. The van der Waals surface area contributed by atoms with Crippen LogP contribution in [0, 0.1) is 28.4 Å². The Morgan fingerprint density at radius 3 is 2.85 bits per heavy atom. The summed E-state index contributed by atoms with van der Waals surface area (Å²) in [6.45, 7) is 2.49.